The molecule has 0 bridgehead atoms. The lowest BCUT2D eigenvalue weighted by Crippen LogP contribution is -2.00. The number of aromatic amines is 1. The van der Waals surface area contributed by atoms with E-state index in [2.05, 4.69) is 26.7 Å². The standard InChI is InChI=1S/C13H14ClN5/c1-2-5-19-11-6-8(14)3-4-10(11)17-13(19)9-7-16-18-12(9)15/h3-4,6-7H,2,5H2,1H3,(H3,15,16,18). The van der Waals surface area contributed by atoms with Crippen LogP contribution >= 0.6 is 11.6 Å². The molecule has 0 spiro atoms. The molecular weight excluding hydrogens is 262 g/mol. The van der Waals surface area contributed by atoms with E-state index in [9.17, 15) is 0 Å². The van der Waals surface area contributed by atoms with Crippen molar-refractivity contribution in [3.63, 3.8) is 0 Å². The first-order valence-corrected chi connectivity index (χ1v) is 6.53. The van der Waals surface area contributed by atoms with Gasteiger partial charge in [0.15, 0.2) is 0 Å². The van der Waals surface area contributed by atoms with Crippen LogP contribution < -0.4 is 5.73 Å². The molecule has 3 N–H and O–H groups in total. The Hall–Kier alpha value is -2.01. The Kier molecular flexibility index (Phi) is 2.91. The highest BCUT2D eigenvalue weighted by Crippen LogP contribution is 2.29. The van der Waals surface area contributed by atoms with Gasteiger partial charge in [0.1, 0.15) is 11.6 Å². The van der Waals surface area contributed by atoms with Crippen LogP contribution in [0.25, 0.3) is 22.4 Å². The van der Waals surface area contributed by atoms with Crippen molar-refractivity contribution >= 4 is 28.5 Å². The largest absolute Gasteiger partial charge is 0.383 e. The summed E-state index contributed by atoms with van der Waals surface area (Å²) in [4.78, 5) is 4.64. The Labute approximate surface area is 115 Å². The number of nitrogen functional groups attached to an aromatic ring is 1. The fraction of sp³-hybridized carbons (Fsp3) is 0.231. The van der Waals surface area contributed by atoms with E-state index in [1.807, 2.05) is 18.2 Å². The maximum absolute atomic E-state index is 6.07. The summed E-state index contributed by atoms with van der Waals surface area (Å²) in [7, 11) is 0. The number of fused-ring (bicyclic) bond motifs is 1. The van der Waals surface area contributed by atoms with Gasteiger partial charge in [0.25, 0.3) is 0 Å². The number of nitrogens with zero attached hydrogens (tertiary/aromatic N) is 3. The first-order chi connectivity index (χ1) is 9.20. The summed E-state index contributed by atoms with van der Waals surface area (Å²) in [6.45, 7) is 2.98. The summed E-state index contributed by atoms with van der Waals surface area (Å²) in [5, 5.41) is 7.40. The molecule has 5 nitrogen and oxygen atoms in total. The van der Waals surface area contributed by atoms with Crippen molar-refractivity contribution in [1.82, 2.24) is 19.7 Å². The van der Waals surface area contributed by atoms with E-state index in [4.69, 9.17) is 17.3 Å². The normalized spacial score (nSPS) is 11.3. The fourth-order valence-corrected chi connectivity index (χ4v) is 2.39. The molecule has 6 heteroatoms. The molecule has 3 rings (SSSR count). The van der Waals surface area contributed by atoms with Gasteiger partial charge >= 0.3 is 0 Å². The number of aryl methyl sites for hydroxylation is 1. The monoisotopic (exact) mass is 275 g/mol. The molecule has 1 aromatic carbocycles. The number of hydrogen-bond acceptors (Lipinski definition) is 3. The van der Waals surface area contributed by atoms with E-state index in [0.29, 0.717) is 10.8 Å². The molecule has 0 amide bonds. The zero-order chi connectivity index (χ0) is 13.4. The smallest absolute Gasteiger partial charge is 0.146 e. The van der Waals surface area contributed by atoms with Gasteiger partial charge in [-0.25, -0.2) is 4.98 Å². The highest BCUT2D eigenvalue weighted by atomic mass is 35.5. The number of hydrogen-bond donors (Lipinski definition) is 2. The van der Waals surface area contributed by atoms with Crippen molar-refractivity contribution in [3.05, 3.63) is 29.4 Å². The van der Waals surface area contributed by atoms with E-state index in [0.717, 1.165) is 35.4 Å². The third-order valence-corrected chi connectivity index (χ3v) is 3.30. The lowest BCUT2D eigenvalue weighted by atomic mass is 10.3. The molecule has 0 aliphatic rings. The number of anilines is 1. The van der Waals surface area contributed by atoms with Gasteiger partial charge in [0, 0.05) is 11.6 Å². The number of nitrogens with two attached hydrogens (primary N) is 1. The molecule has 0 atom stereocenters. The summed E-state index contributed by atoms with van der Waals surface area (Å²) >= 11 is 6.07. The molecule has 3 aromatic rings. The Bertz CT molecular complexity index is 728. The van der Waals surface area contributed by atoms with Crippen LogP contribution in [0.1, 0.15) is 13.3 Å². The zero-order valence-electron chi connectivity index (χ0n) is 10.5. The van der Waals surface area contributed by atoms with Crippen molar-refractivity contribution in [2.75, 3.05) is 5.73 Å². The molecule has 0 aliphatic heterocycles. The lowest BCUT2D eigenvalue weighted by Gasteiger charge is -2.06. The van der Waals surface area contributed by atoms with Gasteiger partial charge < -0.3 is 10.3 Å². The quantitative estimate of drug-likeness (QED) is 0.771. The van der Waals surface area contributed by atoms with E-state index in [1.54, 1.807) is 6.20 Å². The van der Waals surface area contributed by atoms with E-state index in [-0.39, 0.29) is 0 Å². The second-order valence-electron chi connectivity index (χ2n) is 4.42. The van der Waals surface area contributed by atoms with Gasteiger partial charge in [-0.3, -0.25) is 5.10 Å². The van der Waals surface area contributed by atoms with Crippen LogP contribution in [-0.4, -0.2) is 19.7 Å². The number of nitrogens with one attached hydrogen (secondary N) is 1. The average Bonchev–Trinajstić information content (AvgIpc) is 2.94. The predicted molar refractivity (Wildman–Crippen MR) is 77.0 cm³/mol. The minimum atomic E-state index is 0.527. The van der Waals surface area contributed by atoms with Gasteiger partial charge in [-0.15, -0.1) is 0 Å². The summed E-state index contributed by atoms with van der Waals surface area (Å²) in [6, 6.07) is 5.69. The van der Waals surface area contributed by atoms with Crippen LogP contribution in [0, 0.1) is 0 Å². The minimum Gasteiger partial charge on any atom is -0.383 e. The minimum absolute atomic E-state index is 0.527. The Morgan fingerprint density at radius 2 is 2.26 bits per heavy atom. The highest BCUT2D eigenvalue weighted by Gasteiger charge is 2.15. The number of H-pyrrole nitrogens is 1. The third-order valence-electron chi connectivity index (χ3n) is 3.07. The summed E-state index contributed by atoms with van der Waals surface area (Å²) in [5.74, 6) is 1.35. The molecule has 0 aliphatic carbocycles. The van der Waals surface area contributed by atoms with Gasteiger partial charge in [-0.2, -0.15) is 5.10 Å². The number of rotatable bonds is 3. The number of halogens is 1. The Morgan fingerprint density at radius 1 is 1.42 bits per heavy atom. The second kappa shape index (κ2) is 4.59. The topological polar surface area (TPSA) is 72.5 Å². The predicted octanol–water partition coefficient (Wildman–Crippen LogP) is 3.07. The van der Waals surface area contributed by atoms with Crippen molar-refractivity contribution in [1.29, 1.82) is 0 Å². The highest BCUT2D eigenvalue weighted by molar-refractivity contribution is 6.31. The van der Waals surface area contributed by atoms with E-state index < -0.39 is 0 Å². The molecule has 19 heavy (non-hydrogen) atoms. The van der Waals surface area contributed by atoms with Crippen LogP contribution in [0.4, 0.5) is 5.82 Å². The van der Waals surface area contributed by atoms with Gasteiger partial charge in [0.05, 0.1) is 22.8 Å². The molecule has 0 saturated heterocycles. The maximum Gasteiger partial charge on any atom is 0.146 e. The second-order valence-corrected chi connectivity index (χ2v) is 4.85. The van der Waals surface area contributed by atoms with Gasteiger partial charge in [-0.1, -0.05) is 18.5 Å². The Morgan fingerprint density at radius 3 is 2.95 bits per heavy atom. The van der Waals surface area contributed by atoms with Crippen LogP contribution in [0.2, 0.25) is 5.02 Å². The van der Waals surface area contributed by atoms with Crippen molar-refractivity contribution < 1.29 is 0 Å². The number of benzene rings is 1. The van der Waals surface area contributed by atoms with Crippen LogP contribution in [-0.2, 0) is 6.54 Å². The van der Waals surface area contributed by atoms with Crippen molar-refractivity contribution in [2.45, 2.75) is 19.9 Å². The van der Waals surface area contributed by atoms with Crippen molar-refractivity contribution in [3.8, 4) is 11.4 Å². The molecule has 0 unspecified atom stereocenters. The molecule has 2 aromatic heterocycles. The van der Waals surface area contributed by atoms with Gasteiger partial charge in [0.2, 0.25) is 0 Å². The summed E-state index contributed by atoms with van der Waals surface area (Å²) in [5.41, 5.74) is 8.64. The van der Waals surface area contributed by atoms with Crippen LogP contribution in [0.15, 0.2) is 24.4 Å². The zero-order valence-corrected chi connectivity index (χ0v) is 11.3. The summed E-state index contributed by atoms with van der Waals surface area (Å²) in [6.07, 6.45) is 2.70. The molecular formula is C13H14ClN5. The van der Waals surface area contributed by atoms with Gasteiger partial charge in [-0.05, 0) is 24.6 Å². The van der Waals surface area contributed by atoms with Crippen LogP contribution in [0.3, 0.4) is 0 Å². The average molecular weight is 276 g/mol. The maximum atomic E-state index is 6.07. The number of aromatic nitrogens is 4. The molecule has 2 heterocycles. The van der Waals surface area contributed by atoms with Crippen molar-refractivity contribution in [2.24, 2.45) is 0 Å². The fourth-order valence-electron chi connectivity index (χ4n) is 2.23. The molecule has 0 fully saturated rings. The van der Waals surface area contributed by atoms with E-state index in [1.165, 1.54) is 0 Å². The molecule has 0 radical (unpaired) electrons. The summed E-state index contributed by atoms with van der Waals surface area (Å²) < 4.78 is 2.13. The lowest BCUT2D eigenvalue weighted by molar-refractivity contribution is 0.704. The Balaban J connectivity index is 2.29. The van der Waals surface area contributed by atoms with E-state index >= 15 is 0 Å². The molecule has 0 saturated carbocycles. The van der Waals surface area contributed by atoms with Crippen LogP contribution in [0.5, 0.6) is 0 Å². The molecule has 98 valence electrons. The number of imidazole rings is 1. The SMILES string of the molecule is CCCn1c(-c2cn[nH]c2N)nc2ccc(Cl)cc21. The first-order valence-electron chi connectivity index (χ1n) is 6.15. The first kappa shape index (κ1) is 12.0. The third kappa shape index (κ3) is 1.96.